The molecule has 0 aliphatic carbocycles. The van der Waals surface area contributed by atoms with Gasteiger partial charge in [-0.2, -0.15) is 0 Å². The summed E-state index contributed by atoms with van der Waals surface area (Å²) in [5.74, 6) is -0.700. The molecule has 33 heavy (non-hydrogen) atoms. The molecule has 2 N–H and O–H groups in total. The number of para-hydroxylation sites is 1. The lowest BCUT2D eigenvalue weighted by Gasteiger charge is -2.35. The molecular formula is C26H33FN4O2. The number of carbonyl (C=O) groups is 2. The summed E-state index contributed by atoms with van der Waals surface area (Å²) in [7, 11) is 0. The maximum absolute atomic E-state index is 13.4. The number of anilines is 1. The summed E-state index contributed by atoms with van der Waals surface area (Å²) in [6, 6.07) is 13.5. The van der Waals surface area contributed by atoms with Crippen molar-refractivity contribution in [2.45, 2.75) is 38.1 Å². The Hall–Kier alpha value is -2.93. The fourth-order valence-electron chi connectivity index (χ4n) is 4.71. The SMILES string of the molecule is O=C(NC1CCN(c2ccccc2C(=O)NCCN2CCCCC2)CC1)c1cccc(F)c1. The number of halogens is 1. The van der Waals surface area contributed by atoms with Crippen molar-refractivity contribution >= 4 is 17.5 Å². The molecule has 2 aliphatic heterocycles. The van der Waals surface area contributed by atoms with Crippen LogP contribution in [0.3, 0.4) is 0 Å². The van der Waals surface area contributed by atoms with E-state index in [2.05, 4.69) is 20.4 Å². The van der Waals surface area contributed by atoms with Gasteiger partial charge in [0.1, 0.15) is 5.82 Å². The number of nitrogens with one attached hydrogen (secondary N) is 2. The Morgan fingerprint density at radius 2 is 1.67 bits per heavy atom. The van der Waals surface area contributed by atoms with Crippen molar-refractivity contribution in [2.75, 3.05) is 44.2 Å². The van der Waals surface area contributed by atoms with Gasteiger partial charge in [0.05, 0.1) is 5.56 Å². The lowest BCUT2D eigenvalue weighted by molar-refractivity contribution is 0.0928. The Morgan fingerprint density at radius 3 is 2.42 bits per heavy atom. The van der Waals surface area contributed by atoms with Crippen molar-refractivity contribution in [1.82, 2.24) is 15.5 Å². The van der Waals surface area contributed by atoms with Crippen LogP contribution in [0.1, 0.15) is 52.8 Å². The first-order chi connectivity index (χ1) is 16.1. The predicted molar refractivity (Wildman–Crippen MR) is 128 cm³/mol. The van der Waals surface area contributed by atoms with Crippen LogP contribution in [-0.2, 0) is 0 Å². The molecular weight excluding hydrogens is 419 g/mol. The van der Waals surface area contributed by atoms with Crippen molar-refractivity contribution in [1.29, 1.82) is 0 Å². The smallest absolute Gasteiger partial charge is 0.253 e. The number of hydrogen-bond donors (Lipinski definition) is 2. The topological polar surface area (TPSA) is 64.7 Å². The number of rotatable bonds is 7. The molecule has 2 amide bonds. The molecule has 6 nitrogen and oxygen atoms in total. The van der Waals surface area contributed by atoms with Gasteiger partial charge in [-0.05, 0) is 69.1 Å². The van der Waals surface area contributed by atoms with Crippen molar-refractivity contribution < 1.29 is 14.0 Å². The molecule has 0 spiro atoms. The third-order valence-electron chi connectivity index (χ3n) is 6.57. The van der Waals surface area contributed by atoms with Gasteiger partial charge in [0.15, 0.2) is 0 Å². The molecule has 2 heterocycles. The summed E-state index contributed by atoms with van der Waals surface area (Å²) in [6.45, 7) is 5.28. The number of carbonyl (C=O) groups excluding carboxylic acids is 2. The molecule has 2 aromatic carbocycles. The summed E-state index contributed by atoms with van der Waals surface area (Å²) in [6.07, 6.45) is 5.34. The minimum absolute atomic E-state index is 0.0301. The fourth-order valence-corrected chi connectivity index (χ4v) is 4.71. The van der Waals surface area contributed by atoms with E-state index in [0.717, 1.165) is 51.3 Å². The molecule has 0 bridgehead atoms. The highest BCUT2D eigenvalue weighted by Crippen LogP contribution is 2.24. The summed E-state index contributed by atoms with van der Waals surface area (Å²) in [5, 5.41) is 6.10. The van der Waals surface area contributed by atoms with E-state index in [1.165, 1.54) is 31.4 Å². The first-order valence-corrected chi connectivity index (χ1v) is 12.0. The fraction of sp³-hybridized carbons (Fsp3) is 0.462. The summed E-state index contributed by atoms with van der Waals surface area (Å²) in [4.78, 5) is 30.0. The van der Waals surface area contributed by atoms with E-state index in [1.807, 2.05) is 24.3 Å². The van der Waals surface area contributed by atoms with Gasteiger partial charge >= 0.3 is 0 Å². The minimum Gasteiger partial charge on any atom is -0.371 e. The Morgan fingerprint density at radius 1 is 0.909 bits per heavy atom. The number of hydrogen-bond acceptors (Lipinski definition) is 4. The zero-order valence-corrected chi connectivity index (χ0v) is 19.1. The van der Waals surface area contributed by atoms with Gasteiger partial charge in [-0.1, -0.05) is 24.6 Å². The normalized spacial score (nSPS) is 17.5. The quantitative estimate of drug-likeness (QED) is 0.676. The van der Waals surface area contributed by atoms with Crippen molar-refractivity contribution in [3.8, 4) is 0 Å². The van der Waals surface area contributed by atoms with Crippen molar-refractivity contribution in [2.24, 2.45) is 0 Å². The minimum atomic E-state index is -0.414. The van der Waals surface area contributed by atoms with Crippen molar-refractivity contribution in [3.05, 3.63) is 65.5 Å². The lowest BCUT2D eigenvalue weighted by Crippen LogP contribution is -2.45. The van der Waals surface area contributed by atoms with Crippen LogP contribution < -0.4 is 15.5 Å². The van der Waals surface area contributed by atoms with Crippen LogP contribution in [0, 0.1) is 5.82 Å². The second-order valence-electron chi connectivity index (χ2n) is 8.92. The van der Waals surface area contributed by atoms with Gasteiger partial charge in [0, 0.05) is 43.5 Å². The van der Waals surface area contributed by atoms with Crippen LogP contribution in [0.2, 0.25) is 0 Å². The summed E-state index contributed by atoms with van der Waals surface area (Å²) in [5.41, 5.74) is 1.96. The molecule has 7 heteroatoms. The molecule has 0 saturated carbocycles. The van der Waals surface area contributed by atoms with E-state index in [9.17, 15) is 14.0 Å². The second kappa shape index (κ2) is 11.3. The zero-order chi connectivity index (χ0) is 23.0. The van der Waals surface area contributed by atoms with Crippen molar-refractivity contribution in [3.63, 3.8) is 0 Å². The summed E-state index contributed by atoms with van der Waals surface area (Å²) >= 11 is 0. The van der Waals surface area contributed by atoms with E-state index in [-0.39, 0.29) is 17.9 Å². The maximum atomic E-state index is 13.4. The Labute approximate surface area is 195 Å². The third-order valence-corrected chi connectivity index (χ3v) is 6.57. The molecule has 2 fully saturated rings. The molecule has 0 radical (unpaired) electrons. The molecule has 2 aliphatic rings. The Balaban J connectivity index is 1.29. The van der Waals surface area contributed by atoms with E-state index < -0.39 is 5.82 Å². The third kappa shape index (κ3) is 6.32. The zero-order valence-electron chi connectivity index (χ0n) is 19.1. The molecule has 2 saturated heterocycles. The average Bonchev–Trinajstić information content (AvgIpc) is 2.85. The number of amides is 2. The van der Waals surface area contributed by atoms with Crippen LogP contribution in [0.5, 0.6) is 0 Å². The standard InChI is InChI=1S/C26H33FN4O2/c27-21-8-6-7-20(19-21)25(32)29-22-11-16-31(17-12-22)24-10-3-2-9-23(24)26(33)28-13-18-30-14-4-1-5-15-30/h2-3,6-10,19,22H,1,4-5,11-18H2,(H,28,33)(H,29,32). The van der Waals surface area contributed by atoms with Crippen LogP contribution in [-0.4, -0.2) is 62.0 Å². The van der Waals surface area contributed by atoms with E-state index in [0.29, 0.717) is 17.7 Å². The number of nitrogens with zero attached hydrogens (tertiary/aromatic N) is 2. The average molecular weight is 453 g/mol. The van der Waals surface area contributed by atoms with Gasteiger partial charge in [0.25, 0.3) is 11.8 Å². The molecule has 176 valence electrons. The molecule has 0 unspecified atom stereocenters. The van der Waals surface area contributed by atoms with Gasteiger partial charge in [-0.25, -0.2) is 4.39 Å². The molecule has 4 rings (SSSR count). The van der Waals surface area contributed by atoms with E-state index in [4.69, 9.17) is 0 Å². The number of piperidine rings is 2. The Kier molecular flexibility index (Phi) is 7.94. The first-order valence-electron chi connectivity index (χ1n) is 12.0. The van der Waals surface area contributed by atoms with Gasteiger partial charge < -0.3 is 20.4 Å². The van der Waals surface area contributed by atoms with Crippen LogP contribution in [0.4, 0.5) is 10.1 Å². The largest absolute Gasteiger partial charge is 0.371 e. The van der Waals surface area contributed by atoms with E-state index in [1.54, 1.807) is 12.1 Å². The summed E-state index contributed by atoms with van der Waals surface area (Å²) < 4.78 is 13.4. The molecule has 0 atom stereocenters. The highest BCUT2D eigenvalue weighted by atomic mass is 19.1. The number of likely N-dealkylation sites (tertiary alicyclic amines) is 1. The van der Waals surface area contributed by atoms with Crippen LogP contribution in [0.25, 0.3) is 0 Å². The highest BCUT2D eigenvalue weighted by Gasteiger charge is 2.24. The first kappa shape index (κ1) is 23.2. The molecule has 2 aromatic rings. The Bertz CT molecular complexity index is 953. The van der Waals surface area contributed by atoms with Crippen LogP contribution >= 0.6 is 0 Å². The lowest BCUT2D eigenvalue weighted by atomic mass is 10.0. The molecule has 0 aromatic heterocycles. The number of benzene rings is 2. The predicted octanol–water partition coefficient (Wildman–Crippen LogP) is 3.44. The van der Waals surface area contributed by atoms with Gasteiger partial charge in [-0.15, -0.1) is 0 Å². The highest BCUT2D eigenvalue weighted by molar-refractivity contribution is 5.99. The monoisotopic (exact) mass is 452 g/mol. The second-order valence-corrected chi connectivity index (χ2v) is 8.92. The maximum Gasteiger partial charge on any atom is 0.253 e. The van der Waals surface area contributed by atoms with Gasteiger partial charge in [0.2, 0.25) is 0 Å². The van der Waals surface area contributed by atoms with Crippen LogP contribution in [0.15, 0.2) is 48.5 Å². The van der Waals surface area contributed by atoms with Gasteiger partial charge in [-0.3, -0.25) is 9.59 Å². The van der Waals surface area contributed by atoms with E-state index >= 15 is 0 Å².